The maximum Gasteiger partial charge on any atom is 0.132 e. The van der Waals surface area contributed by atoms with Crippen molar-refractivity contribution in [3.8, 4) is 0 Å². The number of allylic oxidation sites excluding steroid dienone is 1. The first-order valence-corrected chi connectivity index (χ1v) is 8.65. The van der Waals surface area contributed by atoms with Crippen LogP contribution in [0.5, 0.6) is 0 Å². The zero-order valence-electron chi connectivity index (χ0n) is 11.6. The highest BCUT2D eigenvalue weighted by Crippen LogP contribution is 2.38. The number of hydrogen-bond donors (Lipinski definition) is 0. The molecule has 2 aromatic rings. The molecule has 3 atom stereocenters. The minimum atomic E-state index is -0.775. The second-order valence-electron chi connectivity index (χ2n) is 5.84. The van der Waals surface area contributed by atoms with Crippen molar-refractivity contribution < 1.29 is 8.60 Å². The largest absolute Gasteiger partial charge is 0.259 e. The van der Waals surface area contributed by atoms with Gasteiger partial charge in [-0.3, -0.25) is 9.19 Å². The van der Waals surface area contributed by atoms with Crippen LogP contribution in [0.3, 0.4) is 0 Å². The first-order chi connectivity index (χ1) is 10.2. The van der Waals surface area contributed by atoms with E-state index in [1.807, 2.05) is 24.3 Å². The van der Waals surface area contributed by atoms with Gasteiger partial charge in [-0.1, -0.05) is 18.6 Å². The van der Waals surface area contributed by atoms with E-state index in [0.717, 1.165) is 36.6 Å². The van der Waals surface area contributed by atoms with Crippen molar-refractivity contribution in [2.45, 2.75) is 36.2 Å². The number of aromatic nitrogens is 1. The molecule has 3 unspecified atom stereocenters. The average molecular weight is 301 g/mol. The SMILES string of the molecule is O=S1C2C=C(c3cc4cccnc4cc3F)CC1CCC2. The molecule has 2 aliphatic rings. The zero-order chi connectivity index (χ0) is 14.4. The highest BCUT2D eigenvalue weighted by atomic mass is 32.2. The average Bonchev–Trinajstić information content (AvgIpc) is 2.46. The summed E-state index contributed by atoms with van der Waals surface area (Å²) in [7, 11) is -0.775. The lowest BCUT2D eigenvalue weighted by atomic mass is 9.92. The number of benzene rings is 1. The van der Waals surface area contributed by atoms with Crippen molar-refractivity contribution in [2.75, 3.05) is 0 Å². The van der Waals surface area contributed by atoms with Gasteiger partial charge in [0.2, 0.25) is 0 Å². The summed E-state index contributed by atoms with van der Waals surface area (Å²) in [6.07, 6.45) is 7.54. The lowest BCUT2D eigenvalue weighted by Crippen LogP contribution is -2.33. The Morgan fingerprint density at radius 3 is 3.05 bits per heavy atom. The molecule has 0 aliphatic carbocycles. The molecule has 3 heterocycles. The van der Waals surface area contributed by atoms with Gasteiger partial charge in [-0.25, -0.2) is 4.39 Å². The quantitative estimate of drug-likeness (QED) is 0.801. The molecule has 0 spiro atoms. The molecule has 21 heavy (non-hydrogen) atoms. The van der Waals surface area contributed by atoms with Crippen molar-refractivity contribution in [2.24, 2.45) is 0 Å². The Balaban J connectivity index is 1.83. The van der Waals surface area contributed by atoms with E-state index in [0.29, 0.717) is 11.1 Å². The molecule has 1 saturated heterocycles. The summed E-state index contributed by atoms with van der Waals surface area (Å²) in [6.45, 7) is 0. The summed E-state index contributed by atoms with van der Waals surface area (Å²) < 4.78 is 26.7. The third-order valence-corrected chi connectivity index (χ3v) is 6.54. The van der Waals surface area contributed by atoms with Gasteiger partial charge in [-0.15, -0.1) is 0 Å². The smallest absolute Gasteiger partial charge is 0.132 e. The summed E-state index contributed by atoms with van der Waals surface area (Å²) in [4.78, 5) is 4.19. The molecule has 1 fully saturated rings. The number of halogens is 1. The van der Waals surface area contributed by atoms with Crippen LogP contribution in [-0.4, -0.2) is 19.7 Å². The molecule has 2 bridgehead atoms. The standard InChI is InChI=1S/C17H16FNOS/c18-16-10-17-11(3-2-6-19-17)9-15(16)12-7-13-4-1-5-14(8-12)21(13)20/h2-3,6-7,9-10,13-14H,1,4-5,8H2. The van der Waals surface area contributed by atoms with Gasteiger partial charge < -0.3 is 0 Å². The first-order valence-electron chi connectivity index (χ1n) is 7.37. The Morgan fingerprint density at radius 1 is 1.29 bits per heavy atom. The van der Waals surface area contributed by atoms with Crippen molar-refractivity contribution in [3.05, 3.63) is 47.9 Å². The van der Waals surface area contributed by atoms with Gasteiger partial charge in [0.15, 0.2) is 0 Å². The van der Waals surface area contributed by atoms with Crippen LogP contribution in [0.1, 0.15) is 31.2 Å². The molecule has 2 aliphatic heterocycles. The van der Waals surface area contributed by atoms with Crippen LogP contribution in [0.15, 0.2) is 36.5 Å². The Kier molecular flexibility index (Phi) is 3.14. The second-order valence-corrected chi connectivity index (χ2v) is 7.77. The van der Waals surface area contributed by atoms with Crippen molar-refractivity contribution >= 4 is 27.3 Å². The number of rotatable bonds is 1. The molecule has 108 valence electrons. The van der Waals surface area contributed by atoms with Gasteiger partial charge in [0, 0.05) is 39.3 Å². The van der Waals surface area contributed by atoms with Crippen LogP contribution in [0.2, 0.25) is 0 Å². The van der Waals surface area contributed by atoms with Crippen LogP contribution in [-0.2, 0) is 10.8 Å². The van der Waals surface area contributed by atoms with Crippen molar-refractivity contribution in [1.82, 2.24) is 4.98 Å². The van der Waals surface area contributed by atoms with E-state index in [1.165, 1.54) is 6.07 Å². The maximum atomic E-state index is 14.4. The van der Waals surface area contributed by atoms with E-state index in [9.17, 15) is 8.60 Å². The van der Waals surface area contributed by atoms with E-state index >= 15 is 0 Å². The van der Waals surface area contributed by atoms with Gasteiger partial charge in [-0.05, 0) is 37.0 Å². The molecule has 1 aromatic carbocycles. The number of nitrogens with zero attached hydrogens (tertiary/aromatic N) is 1. The highest BCUT2D eigenvalue weighted by molar-refractivity contribution is 7.86. The summed E-state index contributed by atoms with van der Waals surface area (Å²) in [6, 6.07) is 7.21. The Morgan fingerprint density at radius 2 is 2.19 bits per heavy atom. The molecule has 4 heteroatoms. The Labute approximate surface area is 125 Å². The molecule has 4 rings (SSSR count). The first kappa shape index (κ1) is 13.1. The molecule has 0 radical (unpaired) electrons. The predicted molar refractivity (Wildman–Crippen MR) is 83.9 cm³/mol. The van der Waals surface area contributed by atoms with Gasteiger partial charge in [0.25, 0.3) is 0 Å². The fourth-order valence-electron chi connectivity index (χ4n) is 3.44. The molecule has 1 aromatic heterocycles. The molecular formula is C17H16FNOS. The van der Waals surface area contributed by atoms with E-state index in [-0.39, 0.29) is 16.3 Å². The summed E-state index contributed by atoms with van der Waals surface area (Å²) in [5.74, 6) is -0.224. The lowest BCUT2D eigenvalue weighted by Gasteiger charge is -2.33. The zero-order valence-corrected chi connectivity index (χ0v) is 12.4. The fourth-order valence-corrected chi connectivity index (χ4v) is 5.37. The number of hydrogen-bond acceptors (Lipinski definition) is 2. The summed E-state index contributed by atoms with van der Waals surface area (Å²) in [5.41, 5.74) is 2.36. The number of fused-ring (bicyclic) bond motifs is 3. The van der Waals surface area contributed by atoms with Crippen molar-refractivity contribution in [1.29, 1.82) is 0 Å². The van der Waals surface area contributed by atoms with Crippen LogP contribution < -0.4 is 0 Å². The third kappa shape index (κ3) is 2.22. The predicted octanol–water partition coefficient (Wildman–Crippen LogP) is 3.83. The third-order valence-electron chi connectivity index (χ3n) is 4.51. The molecule has 0 N–H and O–H groups in total. The second kappa shape index (κ2) is 5.02. The minimum Gasteiger partial charge on any atom is -0.259 e. The van der Waals surface area contributed by atoms with Gasteiger partial charge in [0.1, 0.15) is 5.82 Å². The minimum absolute atomic E-state index is 0.108. The molecule has 2 nitrogen and oxygen atoms in total. The van der Waals surface area contributed by atoms with E-state index in [4.69, 9.17) is 0 Å². The van der Waals surface area contributed by atoms with Gasteiger partial charge in [0.05, 0.1) is 10.8 Å². The molecule has 0 amide bonds. The fraction of sp³-hybridized carbons (Fsp3) is 0.353. The Bertz CT molecular complexity index is 770. The van der Waals surface area contributed by atoms with E-state index in [1.54, 1.807) is 6.20 Å². The maximum absolute atomic E-state index is 14.4. The van der Waals surface area contributed by atoms with Crippen LogP contribution in [0, 0.1) is 5.82 Å². The highest BCUT2D eigenvalue weighted by Gasteiger charge is 2.34. The summed E-state index contributed by atoms with van der Waals surface area (Å²) in [5, 5.41) is 1.26. The lowest BCUT2D eigenvalue weighted by molar-refractivity contribution is 0.576. The van der Waals surface area contributed by atoms with E-state index in [2.05, 4.69) is 4.98 Å². The Hall–Kier alpha value is -1.55. The van der Waals surface area contributed by atoms with Crippen LogP contribution in [0.4, 0.5) is 4.39 Å². The van der Waals surface area contributed by atoms with Gasteiger partial charge >= 0.3 is 0 Å². The van der Waals surface area contributed by atoms with Gasteiger partial charge in [-0.2, -0.15) is 0 Å². The van der Waals surface area contributed by atoms with Crippen molar-refractivity contribution in [3.63, 3.8) is 0 Å². The van der Waals surface area contributed by atoms with E-state index < -0.39 is 10.8 Å². The molecular weight excluding hydrogens is 285 g/mol. The van der Waals surface area contributed by atoms with Crippen LogP contribution >= 0.6 is 0 Å². The van der Waals surface area contributed by atoms with Crippen LogP contribution in [0.25, 0.3) is 16.5 Å². The normalized spacial score (nSPS) is 28.4. The topological polar surface area (TPSA) is 30.0 Å². The number of pyridine rings is 1. The monoisotopic (exact) mass is 301 g/mol. The summed E-state index contributed by atoms with van der Waals surface area (Å²) >= 11 is 0. The molecule has 0 saturated carbocycles.